The number of hydrogen-bond acceptors (Lipinski definition) is 6. The van der Waals surface area contributed by atoms with E-state index in [1.807, 2.05) is 12.1 Å². The molecule has 1 fully saturated rings. The Bertz CT molecular complexity index is 1080. The number of aryl methyl sites for hydroxylation is 1. The number of nitrogens with zero attached hydrogens (tertiary/aromatic N) is 4. The Morgan fingerprint density at radius 3 is 2.32 bits per heavy atom. The van der Waals surface area contributed by atoms with Crippen molar-refractivity contribution in [3.8, 4) is 0 Å². The van der Waals surface area contributed by atoms with Crippen LogP contribution in [0.1, 0.15) is 6.92 Å². The SMILES string of the molecule is CCN1CCN(c2ccccc2NS(=O)(=O)c2cn(C)c(=O)n(C)c2=O)CC1. The second-order valence-corrected chi connectivity index (χ2v) is 8.45. The number of nitrogens with one attached hydrogen (secondary N) is 1. The van der Waals surface area contributed by atoms with Gasteiger partial charge < -0.3 is 14.4 Å². The number of hydrogen-bond donors (Lipinski definition) is 1. The summed E-state index contributed by atoms with van der Waals surface area (Å²) in [6.45, 7) is 6.48. The van der Waals surface area contributed by atoms with Crippen LogP contribution in [0.5, 0.6) is 0 Å². The van der Waals surface area contributed by atoms with E-state index in [-0.39, 0.29) is 0 Å². The zero-order valence-corrected chi connectivity index (χ0v) is 17.1. The Kier molecular flexibility index (Phi) is 5.61. The van der Waals surface area contributed by atoms with E-state index >= 15 is 0 Å². The third-order valence-electron chi connectivity index (χ3n) is 5.01. The van der Waals surface area contributed by atoms with Gasteiger partial charge >= 0.3 is 5.69 Å². The summed E-state index contributed by atoms with van der Waals surface area (Å²) >= 11 is 0. The topological polar surface area (TPSA) is 96.7 Å². The molecule has 0 saturated carbocycles. The van der Waals surface area contributed by atoms with Crippen molar-refractivity contribution in [1.29, 1.82) is 0 Å². The Balaban J connectivity index is 1.95. The highest BCUT2D eigenvalue weighted by atomic mass is 32.2. The summed E-state index contributed by atoms with van der Waals surface area (Å²) in [6, 6.07) is 7.12. The summed E-state index contributed by atoms with van der Waals surface area (Å²) in [5, 5.41) is 0. The molecule has 0 bridgehead atoms. The molecule has 2 heterocycles. The summed E-state index contributed by atoms with van der Waals surface area (Å²) in [5.41, 5.74) is -0.269. The molecule has 0 amide bonds. The molecule has 9 nitrogen and oxygen atoms in total. The van der Waals surface area contributed by atoms with Gasteiger partial charge in [0, 0.05) is 46.5 Å². The fourth-order valence-corrected chi connectivity index (χ4v) is 4.54. The number of aromatic nitrogens is 2. The van der Waals surface area contributed by atoms with Crippen molar-refractivity contribution in [3.63, 3.8) is 0 Å². The van der Waals surface area contributed by atoms with Gasteiger partial charge in [-0.05, 0) is 18.7 Å². The Morgan fingerprint density at radius 1 is 1.04 bits per heavy atom. The van der Waals surface area contributed by atoms with E-state index in [4.69, 9.17) is 0 Å². The second kappa shape index (κ2) is 7.80. The van der Waals surface area contributed by atoms with Crippen LogP contribution in [0.15, 0.2) is 44.9 Å². The maximum absolute atomic E-state index is 12.9. The van der Waals surface area contributed by atoms with Crippen molar-refractivity contribution in [2.24, 2.45) is 14.1 Å². The zero-order valence-electron chi connectivity index (χ0n) is 16.3. The van der Waals surface area contributed by atoms with Crippen molar-refractivity contribution in [2.45, 2.75) is 11.8 Å². The molecular formula is C18H25N5O4S. The maximum atomic E-state index is 12.9. The average Bonchev–Trinajstić information content (AvgIpc) is 2.69. The highest BCUT2D eigenvalue weighted by Crippen LogP contribution is 2.28. The third kappa shape index (κ3) is 3.83. The highest BCUT2D eigenvalue weighted by molar-refractivity contribution is 7.92. The molecule has 3 rings (SSSR count). The Labute approximate surface area is 163 Å². The van der Waals surface area contributed by atoms with Crippen molar-refractivity contribution < 1.29 is 8.42 Å². The summed E-state index contributed by atoms with van der Waals surface area (Å²) in [5.74, 6) is 0. The molecule has 0 aliphatic carbocycles. The van der Waals surface area contributed by atoms with Crippen LogP contribution in [0, 0.1) is 0 Å². The molecule has 1 aliphatic rings. The number of sulfonamides is 1. The van der Waals surface area contributed by atoms with Crippen molar-refractivity contribution in [2.75, 3.05) is 42.3 Å². The summed E-state index contributed by atoms with van der Waals surface area (Å²) in [6.07, 6.45) is 1.05. The van der Waals surface area contributed by atoms with Crippen LogP contribution in [-0.4, -0.2) is 55.2 Å². The molecule has 28 heavy (non-hydrogen) atoms. The van der Waals surface area contributed by atoms with E-state index in [1.54, 1.807) is 12.1 Å². The molecule has 152 valence electrons. The minimum Gasteiger partial charge on any atom is -0.367 e. The van der Waals surface area contributed by atoms with Gasteiger partial charge in [-0.15, -0.1) is 0 Å². The van der Waals surface area contributed by atoms with Gasteiger partial charge in [0.15, 0.2) is 4.90 Å². The van der Waals surface area contributed by atoms with Gasteiger partial charge in [0.1, 0.15) is 0 Å². The lowest BCUT2D eigenvalue weighted by Gasteiger charge is -2.36. The maximum Gasteiger partial charge on any atom is 0.330 e. The van der Waals surface area contributed by atoms with Crippen LogP contribution in [-0.2, 0) is 24.1 Å². The quantitative estimate of drug-likeness (QED) is 0.751. The van der Waals surface area contributed by atoms with Crippen molar-refractivity contribution in [1.82, 2.24) is 14.0 Å². The van der Waals surface area contributed by atoms with Gasteiger partial charge in [0.25, 0.3) is 15.6 Å². The smallest absolute Gasteiger partial charge is 0.330 e. The van der Waals surface area contributed by atoms with Gasteiger partial charge in [-0.1, -0.05) is 19.1 Å². The fraction of sp³-hybridized carbons (Fsp3) is 0.444. The number of rotatable bonds is 5. The summed E-state index contributed by atoms with van der Waals surface area (Å²) < 4.78 is 30.2. The van der Waals surface area contributed by atoms with Crippen LogP contribution in [0.4, 0.5) is 11.4 Å². The van der Waals surface area contributed by atoms with Crippen LogP contribution in [0.2, 0.25) is 0 Å². The molecule has 1 aromatic heterocycles. The standard InChI is InChI=1S/C18H25N5O4S/c1-4-22-9-11-23(12-10-22)15-8-6-5-7-14(15)19-28(26,27)16-13-20(2)18(25)21(3)17(16)24/h5-8,13,19H,4,9-12H2,1-3H3. The summed E-state index contributed by atoms with van der Waals surface area (Å²) in [7, 11) is -1.50. The van der Waals surface area contributed by atoms with Crippen LogP contribution < -0.4 is 20.9 Å². The van der Waals surface area contributed by atoms with Crippen molar-refractivity contribution >= 4 is 21.4 Å². The lowest BCUT2D eigenvalue weighted by atomic mass is 10.2. The van der Waals surface area contributed by atoms with Gasteiger partial charge in [-0.25, -0.2) is 13.2 Å². The number of anilines is 2. The Hall–Kier alpha value is -2.59. The van der Waals surface area contributed by atoms with Crippen LogP contribution in [0.3, 0.4) is 0 Å². The molecule has 0 atom stereocenters. The highest BCUT2D eigenvalue weighted by Gasteiger charge is 2.24. The number of benzene rings is 1. The van der Waals surface area contributed by atoms with Gasteiger partial charge in [0.05, 0.1) is 11.4 Å². The lowest BCUT2D eigenvalue weighted by Crippen LogP contribution is -2.46. The summed E-state index contributed by atoms with van der Waals surface area (Å²) in [4.78, 5) is 28.2. The first-order valence-corrected chi connectivity index (χ1v) is 10.6. The Morgan fingerprint density at radius 2 is 1.68 bits per heavy atom. The van der Waals surface area contributed by atoms with Gasteiger partial charge in [-0.2, -0.15) is 0 Å². The van der Waals surface area contributed by atoms with E-state index in [1.165, 1.54) is 14.1 Å². The molecule has 1 N–H and O–H groups in total. The van der Waals surface area contributed by atoms with Gasteiger partial charge in [-0.3, -0.25) is 14.1 Å². The first-order chi connectivity index (χ1) is 13.2. The van der Waals surface area contributed by atoms with E-state index < -0.39 is 26.2 Å². The first-order valence-electron chi connectivity index (χ1n) is 9.10. The van der Waals surface area contributed by atoms with Crippen LogP contribution in [0.25, 0.3) is 0 Å². The molecule has 2 aromatic rings. The first kappa shape index (κ1) is 20.2. The number of likely N-dealkylation sites (N-methyl/N-ethyl adjacent to an activating group) is 1. The van der Waals surface area contributed by atoms with Crippen molar-refractivity contribution in [3.05, 3.63) is 51.3 Å². The van der Waals surface area contributed by atoms with E-state index in [0.717, 1.165) is 53.7 Å². The zero-order chi connectivity index (χ0) is 20.5. The minimum atomic E-state index is -4.16. The van der Waals surface area contributed by atoms with Gasteiger partial charge in [0.2, 0.25) is 0 Å². The fourth-order valence-electron chi connectivity index (χ4n) is 3.30. The molecular weight excluding hydrogens is 382 g/mol. The number of para-hydroxylation sites is 2. The largest absolute Gasteiger partial charge is 0.367 e. The average molecular weight is 407 g/mol. The normalized spacial score (nSPS) is 15.6. The second-order valence-electron chi connectivity index (χ2n) is 6.79. The predicted octanol–water partition coefficient (Wildman–Crippen LogP) is 0.0267. The number of piperazine rings is 1. The monoisotopic (exact) mass is 407 g/mol. The van der Waals surface area contributed by atoms with E-state index in [2.05, 4.69) is 21.4 Å². The molecule has 1 aromatic carbocycles. The molecule has 10 heteroatoms. The molecule has 1 saturated heterocycles. The molecule has 0 spiro atoms. The van der Waals surface area contributed by atoms with E-state index in [0.29, 0.717) is 5.69 Å². The molecule has 0 unspecified atom stereocenters. The minimum absolute atomic E-state index is 0.406. The lowest BCUT2D eigenvalue weighted by molar-refractivity contribution is 0.271. The molecule has 1 aliphatic heterocycles. The van der Waals surface area contributed by atoms with Crippen LogP contribution >= 0.6 is 0 Å². The van der Waals surface area contributed by atoms with E-state index in [9.17, 15) is 18.0 Å². The molecule has 0 radical (unpaired) electrons. The predicted molar refractivity (Wildman–Crippen MR) is 109 cm³/mol. The third-order valence-corrected chi connectivity index (χ3v) is 6.36.